The number of benzene rings is 1. The number of hydrogen-bond donors (Lipinski definition) is 1. The zero-order valence-corrected chi connectivity index (χ0v) is 11.2. The average molecular weight is 267 g/mol. The number of aromatic nitrogens is 1. The fourth-order valence-electron chi connectivity index (χ4n) is 1.67. The van der Waals surface area contributed by atoms with Gasteiger partial charge in [-0.2, -0.15) is 0 Å². The summed E-state index contributed by atoms with van der Waals surface area (Å²) < 4.78 is 13.2. The standard InChI is InChI=1S/C14H15FN2.ClH/c1-9-7-11(3-5-13(9)15)12-4-6-14(10(2)16)17-8-12;/h3-8,10H,16H2,1-2H3;1H. The van der Waals surface area contributed by atoms with Gasteiger partial charge in [-0.15, -0.1) is 12.4 Å². The molecular formula is C14H16ClFN2. The van der Waals surface area contributed by atoms with E-state index in [2.05, 4.69) is 4.98 Å². The van der Waals surface area contributed by atoms with Crippen LogP contribution in [-0.4, -0.2) is 4.98 Å². The Morgan fingerprint density at radius 3 is 2.33 bits per heavy atom. The van der Waals surface area contributed by atoms with Crippen molar-refractivity contribution in [3.8, 4) is 11.1 Å². The Bertz CT molecular complexity index is 524. The second-order valence-electron chi connectivity index (χ2n) is 4.22. The number of aryl methyl sites for hydroxylation is 1. The lowest BCUT2D eigenvalue weighted by molar-refractivity contribution is 0.619. The van der Waals surface area contributed by atoms with Crippen molar-refractivity contribution >= 4 is 12.4 Å². The molecule has 2 N–H and O–H groups in total. The van der Waals surface area contributed by atoms with Crippen LogP contribution in [0.2, 0.25) is 0 Å². The molecule has 0 radical (unpaired) electrons. The Hall–Kier alpha value is -1.45. The van der Waals surface area contributed by atoms with E-state index in [1.165, 1.54) is 6.07 Å². The van der Waals surface area contributed by atoms with Crippen molar-refractivity contribution in [1.29, 1.82) is 0 Å². The predicted octanol–water partition coefficient (Wildman–Crippen LogP) is 3.64. The molecule has 1 atom stereocenters. The van der Waals surface area contributed by atoms with Gasteiger partial charge < -0.3 is 5.73 Å². The second-order valence-corrected chi connectivity index (χ2v) is 4.22. The molecule has 0 bridgehead atoms. The smallest absolute Gasteiger partial charge is 0.126 e. The summed E-state index contributed by atoms with van der Waals surface area (Å²) in [7, 11) is 0. The average Bonchev–Trinajstić information content (AvgIpc) is 2.33. The molecule has 0 aliphatic rings. The zero-order chi connectivity index (χ0) is 12.4. The van der Waals surface area contributed by atoms with E-state index in [4.69, 9.17) is 5.73 Å². The number of hydrogen-bond acceptors (Lipinski definition) is 2. The van der Waals surface area contributed by atoms with Crippen LogP contribution < -0.4 is 5.73 Å². The maximum absolute atomic E-state index is 13.2. The van der Waals surface area contributed by atoms with Gasteiger partial charge in [0.15, 0.2) is 0 Å². The number of nitrogens with two attached hydrogens (primary N) is 1. The molecule has 0 aliphatic carbocycles. The van der Waals surface area contributed by atoms with E-state index in [0.29, 0.717) is 5.56 Å². The van der Waals surface area contributed by atoms with E-state index in [9.17, 15) is 4.39 Å². The van der Waals surface area contributed by atoms with Gasteiger partial charge in [0.05, 0.1) is 5.69 Å². The number of rotatable bonds is 2. The summed E-state index contributed by atoms with van der Waals surface area (Å²) in [4.78, 5) is 4.29. The maximum Gasteiger partial charge on any atom is 0.126 e. The van der Waals surface area contributed by atoms with E-state index in [-0.39, 0.29) is 24.3 Å². The minimum Gasteiger partial charge on any atom is -0.323 e. The molecule has 0 spiro atoms. The van der Waals surface area contributed by atoms with Crippen LogP contribution in [0.25, 0.3) is 11.1 Å². The highest BCUT2D eigenvalue weighted by Crippen LogP contribution is 2.21. The summed E-state index contributed by atoms with van der Waals surface area (Å²) in [5.41, 5.74) is 9.16. The molecule has 0 amide bonds. The van der Waals surface area contributed by atoms with Crippen molar-refractivity contribution in [2.45, 2.75) is 19.9 Å². The van der Waals surface area contributed by atoms with Gasteiger partial charge in [-0.3, -0.25) is 4.98 Å². The molecule has 4 heteroatoms. The van der Waals surface area contributed by atoms with E-state index >= 15 is 0 Å². The summed E-state index contributed by atoms with van der Waals surface area (Å²) in [6.07, 6.45) is 1.77. The van der Waals surface area contributed by atoms with Crippen LogP contribution in [-0.2, 0) is 0 Å². The number of pyridine rings is 1. The van der Waals surface area contributed by atoms with Gasteiger partial charge in [0.2, 0.25) is 0 Å². The molecular weight excluding hydrogens is 251 g/mol. The van der Waals surface area contributed by atoms with E-state index < -0.39 is 0 Å². The molecule has 1 aromatic heterocycles. The van der Waals surface area contributed by atoms with Gasteiger partial charge in [-0.25, -0.2) is 4.39 Å². The molecule has 96 valence electrons. The molecule has 1 heterocycles. The van der Waals surface area contributed by atoms with Gasteiger partial charge >= 0.3 is 0 Å². The zero-order valence-electron chi connectivity index (χ0n) is 10.4. The number of nitrogens with zero attached hydrogens (tertiary/aromatic N) is 1. The Kier molecular flexibility index (Phi) is 4.82. The quantitative estimate of drug-likeness (QED) is 0.901. The maximum atomic E-state index is 13.2. The summed E-state index contributed by atoms with van der Waals surface area (Å²) in [5.74, 6) is -0.186. The molecule has 18 heavy (non-hydrogen) atoms. The van der Waals surface area contributed by atoms with Gasteiger partial charge in [0.25, 0.3) is 0 Å². The highest BCUT2D eigenvalue weighted by atomic mass is 35.5. The van der Waals surface area contributed by atoms with Crippen molar-refractivity contribution in [1.82, 2.24) is 4.98 Å². The van der Waals surface area contributed by atoms with E-state index in [1.807, 2.05) is 25.1 Å². The van der Waals surface area contributed by atoms with Crippen molar-refractivity contribution < 1.29 is 4.39 Å². The topological polar surface area (TPSA) is 38.9 Å². The Balaban J connectivity index is 0.00000162. The highest BCUT2D eigenvalue weighted by molar-refractivity contribution is 5.85. The second kappa shape index (κ2) is 5.94. The van der Waals surface area contributed by atoms with Gasteiger partial charge in [-0.05, 0) is 43.2 Å². The molecule has 1 unspecified atom stereocenters. The summed E-state index contributed by atoms with van der Waals surface area (Å²) in [6, 6.07) is 8.84. The summed E-state index contributed by atoms with van der Waals surface area (Å²) in [5, 5.41) is 0. The minimum atomic E-state index is -0.186. The highest BCUT2D eigenvalue weighted by Gasteiger charge is 2.04. The molecule has 0 aliphatic heterocycles. The Labute approximate surface area is 112 Å². The third-order valence-corrected chi connectivity index (χ3v) is 2.74. The van der Waals surface area contributed by atoms with Crippen molar-refractivity contribution in [3.05, 3.63) is 53.6 Å². The van der Waals surface area contributed by atoms with Gasteiger partial charge in [-0.1, -0.05) is 12.1 Å². The van der Waals surface area contributed by atoms with Crippen molar-refractivity contribution in [3.63, 3.8) is 0 Å². The number of halogens is 2. The lowest BCUT2D eigenvalue weighted by Crippen LogP contribution is -2.06. The van der Waals surface area contributed by atoms with E-state index in [0.717, 1.165) is 16.8 Å². The molecule has 0 fully saturated rings. The third kappa shape index (κ3) is 3.06. The van der Waals surface area contributed by atoms with Crippen LogP contribution in [0.15, 0.2) is 36.5 Å². The lowest BCUT2D eigenvalue weighted by atomic mass is 10.0. The van der Waals surface area contributed by atoms with Crippen molar-refractivity contribution in [2.75, 3.05) is 0 Å². The van der Waals surface area contributed by atoms with E-state index in [1.54, 1.807) is 19.2 Å². The largest absolute Gasteiger partial charge is 0.323 e. The first-order valence-electron chi connectivity index (χ1n) is 5.56. The molecule has 2 aromatic rings. The Morgan fingerprint density at radius 2 is 1.83 bits per heavy atom. The molecule has 2 nitrogen and oxygen atoms in total. The first-order chi connectivity index (χ1) is 8.08. The molecule has 0 saturated heterocycles. The van der Waals surface area contributed by atoms with Crippen LogP contribution >= 0.6 is 12.4 Å². The first kappa shape index (κ1) is 14.6. The van der Waals surface area contributed by atoms with Crippen molar-refractivity contribution in [2.24, 2.45) is 5.73 Å². The van der Waals surface area contributed by atoms with Crippen LogP contribution in [0.3, 0.4) is 0 Å². The molecule has 0 saturated carbocycles. The van der Waals surface area contributed by atoms with Crippen LogP contribution in [0.4, 0.5) is 4.39 Å². The normalized spacial score (nSPS) is 11.8. The van der Waals surface area contributed by atoms with Gasteiger partial charge in [0, 0.05) is 17.8 Å². The Morgan fingerprint density at radius 1 is 1.17 bits per heavy atom. The molecule has 1 aromatic carbocycles. The van der Waals surface area contributed by atoms with Crippen LogP contribution in [0.5, 0.6) is 0 Å². The monoisotopic (exact) mass is 266 g/mol. The lowest BCUT2D eigenvalue weighted by Gasteiger charge is -2.07. The molecule has 2 rings (SSSR count). The fourth-order valence-corrected chi connectivity index (χ4v) is 1.67. The van der Waals surface area contributed by atoms with Crippen LogP contribution in [0.1, 0.15) is 24.2 Å². The first-order valence-corrected chi connectivity index (χ1v) is 5.56. The fraction of sp³-hybridized carbons (Fsp3) is 0.214. The van der Waals surface area contributed by atoms with Crippen LogP contribution in [0, 0.1) is 12.7 Å². The van der Waals surface area contributed by atoms with Gasteiger partial charge in [0.1, 0.15) is 5.82 Å². The third-order valence-electron chi connectivity index (χ3n) is 2.74. The predicted molar refractivity (Wildman–Crippen MR) is 74.2 cm³/mol. The summed E-state index contributed by atoms with van der Waals surface area (Å²) >= 11 is 0. The summed E-state index contributed by atoms with van der Waals surface area (Å²) in [6.45, 7) is 3.65. The SMILES string of the molecule is Cc1cc(-c2ccc(C(C)N)nc2)ccc1F.Cl. The minimum absolute atomic E-state index is 0.